The maximum Gasteiger partial charge on any atom is 0.303 e. The molecule has 0 spiro atoms. The fourth-order valence-corrected chi connectivity index (χ4v) is 3.72. The van der Waals surface area contributed by atoms with Crippen molar-refractivity contribution in [3.63, 3.8) is 0 Å². The largest absolute Gasteiger partial charge is 0.462 e. The molecule has 2 rings (SSSR count). The highest BCUT2D eigenvalue weighted by Crippen LogP contribution is 2.31. The molecule has 39 heavy (non-hydrogen) atoms. The van der Waals surface area contributed by atoms with Gasteiger partial charge in [0.2, 0.25) is 0 Å². The number of aromatic amines is 1. The first kappa shape index (κ1) is 30.7. The van der Waals surface area contributed by atoms with E-state index < -0.39 is 72.9 Å². The number of fused-ring (bicyclic) bond motifs is 1. The smallest absolute Gasteiger partial charge is 0.303 e. The van der Waals surface area contributed by atoms with Crippen molar-refractivity contribution in [3.8, 4) is 0 Å². The zero-order chi connectivity index (χ0) is 29.3. The quantitative estimate of drug-likeness (QED) is 0.296. The SMILES string of the molecule is CC(=O)OC[C@@H](OC(C)=O)[C@H](OC(C)=O)[C@H](OC(C)=O)[C@H](OC(C)=O)[C@H](OC(C)=O)c1nc2ccccc2[nH]1. The van der Waals surface area contributed by atoms with Crippen LogP contribution in [0.25, 0.3) is 11.0 Å². The van der Waals surface area contributed by atoms with Crippen LogP contribution in [0.2, 0.25) is 0 Å². The highest BCUT2D eigenvalue weighted by atomic mass is 16.6. The third kappa shape index (κ3) is 9.39. The normalized spacial score (nSPS) is 14.6. The highest BCUT2D eigenvalue weighted by molar-refractivity contribution is 5.75. The van der Waals surface area contributed by atoms with Crippen LogP contribution in [0.5, 0.6) is 0 Å². The molecule has 0 saturated carbocycles. The first-order valence-corrected chi connectivity index (χ1v) is 11.7. The number of benzene rings is 1. The maximum absolute atomic E-state index is 12.2. The predicted molar refractivity (Wildman–Crippen MR) is 129 cm³/mol. The van der Waals surface area contributed by atoms with Gasteiger partial charge < -0.3 is 33.4 Å². The van der Waals surface area contributed by atoms with Crippen LogP contribution in [0, 0.1) is 0 Å². The molecule has 0 aliphatic carbocycles. The minimum atomic E-state index is -1.76. The van der Waals surface area contributed by atoms with Crippen molar-refractivity contribution in [2.75, 3.05) is 6.61 Å². The number of H-pyrrole nitrogens is 1. The Morgan fingerprint density at radius 2 is 1.18 bits per heavy atom. The van der Waals surface area contributed by atoms with Crippen molar-refractivity contribution in [2.45, 2.75) is 72.1 Å². The summed E-state index contributed by atoms with van der Waals surface area (Å²) in [7, 11) is 0. The Labute approximate surface area is 223 Å². The number of imidazole rings is 1. The van der Waals surface area contributed by atoms with Crippen LogP contribution in [0.4, 0.5) is 0 Å². The number of nitrogens with zero attached hydrogens (tertiary/aromatic N) is 1. The standard InChI is InChI=1S/C25H30N2O12/c1-12(28)34-11-20(35-13(2)29)21(36-14(3)30)22(37-15(4)31)23(38-16(5)32)24(39-17(6)33)25-26-18-9-7-8-10-19(18)27-25/h7-10,20-24H,11H2,1-6H3,(H,26,27)/t20-,21+,22+,23+,24+/m1/s1. The average molecular weight is 551 g/mol. The van der Waals surface area contributed by atoms with Crippen molar-refractivity contribution in [2.24, 2.45) is 0 Å². The molecule has 0 saturated heterocycles. The summed E-state index contributed by atoms with van der Waals surface area (Å²) in [5, 5.41) is 0. The van der Waals surface area contributed by atoms with Gasteiger partial charge in [0, 0.05) is 41.5 Å². The second-order valence-electron chi connectivity index (χ2n) is 8.34. The van der Waals surface area contributed by atoms with Gasteiger partial charge in [-0.3, -0.25) is 28.8 Å². The second-order valence-corrected chi connectivity index (χ2v) is 8.34. The third-order valence-electron chi connectivity index (χ3n) is 4.96. The molecule has 0 aliphatic heterocycles. The monoisotopic (exact) mass is 550 g/mol. The number of carbonyl (C=O) groups excluding carboxylic acids is 6. The molecule has 0 aliphatic rings. The Kier molecular flexibility index (Phi) is 10.9. The molecule has 1 heterocycles. The second kappa shape index (κ2) is 13.9. The number of hydrogen-bond donors (Lipinski definition) is 1. The Hall–Kier alpha value is -4.49. The fourth-order valence-electron chi connectivity index (χ4n) is 3.72. The van der Waals surface area contributed by atoms with Crippen molar-refractivity contribution in [1.29, 1.82) is 0 Å². The zero-order valence-corrected chi connectivity index (χ0v) is 22.2. The number of para-hydroxylation sites is 2. The molecule has 14 heteroatoms. The number of ether oxygens (including phenoxy) is 6. The summed E-state index contributed by atoms with van der Waals surface area (Å²) < 4.78 is 32.0. The van der Waals surface area contributed by atoms with Crippen LogP contribution in [0.1, 0.15) is 53.5 Å². The van der Waals surface area contributed by atoms with Gasteiger partial charge in [0.1, 0.15) is 6.61 Å². The molecule has 0 amide bonds. The van der Waals surface area contributed by atoms with E-state index in [9.17, 15) is 28.8 Å². The van der Waals surface area contributed by atoms with Gasteiger partial charge in [-0.15, -0.1) is 0 Å². The number of esters is 6. The van der Waals surface area contributed by atoms with Crippen LogP contribution >= 0.6 is 0 Å². The first-order chi connectivity index (χ1) is 18.3. The van der Waals surface area contributed by atoms with E-state index in [0.29, 0.717) is 11.0 Å². The van der Waals surface area contributed by atoms with E-state index >= 15 is 0 Å². The van der Waals surface area contributed by atoms with Gasteiger partial charge in [0.15, 0.2) is 36.3 Å². The first-order valence-electron chi connectivity index (χ1n) is 11.7. The van der Waals surface area contributed by atoms with E-state index in [4.69, 9.17) is 28.4 Å². The molecule has 14 nitrogen and oxygen atoms in total. The van der Waals surface area contributed by atoms with E-state index in [1.165, 1.54) is 0 Å². The molecule has 0 bridgehead atoms. The summed E-state index contributed by atoms with van der Waals surface area (Å²) in [6.07, 6.45) is -8.23. The number of nitrogens with one attached hydrogen (secondary N) is 1. The number of aromatic nitrogens is 2. The Morgan fingerprint density at radius 1 is 0.667 bits per heavy atom. The van der Waals surface area contributed by atoms with Crippen LogP contribution < -0.4 is 0 Å². The lowest BCUT2D eigenvalue weighted by molar-refractivity contribution is -0.214. The lowest BCUT2D eigenvalue weighted by Crippen LogP contribution is -2.55. The summed E-state index contributed by atoms with van der Waals surface area (Å²) >= 11 is 0. The minimum Gasteiger partial charge on any atom is -0.462 e. The fraction of sp³-hybridized carbons (Fsp3) is 0.480. The van der Waals surface area contributed by atoms with E-state index in [1.54, 1.807) is 24.3 Å². The molecule has 1 N–H and O–H groups in total. The predicted octanol–water partition coefficient (Wildman–Crippen LogP) is 1.46. The van der Waals surface area contributed by atoms with Crippen molar-refractivity contribution >= 4 is 46.8 Å². The van der Waals surface area contributed by atoms with Crippen LogP contribution in [-0.2, 0) is 57.2 Å². The van der Waals surface area contributed by atoms with Gasteiger partial charge in [-0.25, -0.2) is 4.98 Å². The molecule has 5 atom stereocenters. The number of rotatable bonds is 12. The molecular weight excluding hydrogens is 520 g/mol. The molecule has 0 radical (unpaired) electrons. The van der Waals surface area contributed by atoms with E-state index in [1.807, 2.05) is 0 Å². The molecule has 0 fully saturated rings. The molecule has 1 aromatic carbocycles. The molecule has 1 aromatic heterocycles. The van der Waals surface area contributed by atoms with Crippen LogP contribution in [0.3, 0.4) is 0 Å². The molecule has 0 unspecified atom stereocenters. The highest BCUT2D eigenvalue weighted by Gasteiger charge is 2.49. The van der Waals surface area contributed by atoms with Crippen molar-refractivity contribution in [1.82, 2.24) is 9.97 Å². The summed E-state index contributed by atoms with van der Waals surface area (Å²) in [6.45, 7) is 5.70. The Morgan fingerprint density at radius 3 is 1.69 bits per heavy atom. The lowest BCUT2D eigenvalue weighted by Gasteiger charge is -2.37. The van der Waals surface area contributed by atoms with E-state index in [0.717, 1.165) is 41.5 Å². The average Bonchev–Trinajstić information content (AvgIpc) is 3.24. The molecular formula is C25H30N2O12. The maximum atomic E-state index is 12.2. The number of carbonyl (C=O) groups is 6. The van der Waals surface area contributed by atoms with Gasteiger partial charge in [-0.2, -0.15) is 0 Å². The van der Waals surface area contributed by atoms with Gasteiger partial charge in [0.05, 0.1) is 11.0 Å². The van der Waals surface area contributed by atoms with Gasteiger partial charge in [-0.1, -0.05) is 12.1 Å². The van der Waals surface area contributed by atoms with Gasteiger partial charge in [0.25, 0.3) is 0 Å². The molecule has 2 aromatic rings. The van der Waals surface area contributed by atoms with Crippen molar-refractivity contribution < 1.29 is 57.2 Å². The summed E-state index contributed by atoms with van der Waals surface area (Å²) in [5.41, 5.74) is 1.01. The van der Waals surface area contributed by atoms with E-state index in [2.05, 4.69) is 9.97 Å². The topological polar surface area (TPSA) is 186 Å². The Bertz CT molecular complexity index is 1190. The Balaban J connectivity index is 2.75. The molecule has 212 valence electrons. The van der Waals surface area contributed by atoms with Crippen LogP contribution in [-0.4, -0.2) is 76.8 Å². The summed E-state index contributed by atoms with van der Waals surface area (Å²) in [4.78, 5) is 79.6. The summed E-state index contributed by atoms with van der Waals surface area (Å²) in [5.74, 6) is -5.16. The van der Waals surface area contributed by atoms with Gasteiger partial charge >= 0.3 is 35.8 Å². The summed E-state index contributed by atoms with van der Waals surface area (Å²) in [6, 6.07) is 6.81. The van der Waals surface area contributed by atoms with Gasteiger partial charge in [-0.05, 0) is 12.1 Å². The lowest BCUT2D eigenvalue weighted by atomic mass is 9.97. The number of hydrogen-bond acceptors (Lipinski definition) is 13. The van der Waals surface area contributed by atoms with Crippen LogP contribution in [0.15, 0.2) is 24.3 Å². The third-order valence-corrected chi connectivity index (χ3v) is 4.96. The van der Waals surface area contributed by atoms with Crippen molar-refractivity contribution in [3.05, 3.63) is 30.1 Å². The van der Waals surface area contributed by atoms with E-state index in [-0.39, 0.29) is 5.82 Å². The minimum absolute atomic E-state index is 0.000370. The zero-order valence-electron chi connectivity index (χ0n) is 22.2.